The predicted molar refractivity (Wildman–Crippen MR) is 117 cm³/mol. The Balaban J connectivity index is 0.000000628. The summed E-state index contributed by atoms with van der Waals surface area (Å²) < 4.78 is 20.9. The van der Waals surface area contributed by atoms with E-state index in [-0.39, 0.29) is 16.1 Å². The number of aliphatic carboxylic acids is 1. The first kappa shape index (κ1) is 22.4. The minimum absolute atomic E-state index is 0.174. The van der Waals surface area contributed by atoms with Crippen LogP contribution in [-0.2, 0) is 4.79 Å². The van der Waals surface area contributed by atoms with Crippen molar-refractivity contribution in [3.63, 3.8) is 0 Å². The fourth-order valence-corrected chi connectivity index (χ4v) is 3.71. The molecule has 2 aromatic carbocycles. The molecule has 0 amide bonds. The molecule has 160 valence electrons. The molecule has 0 saturated heterocycles. The van der Waals surface area contributed by atoms with Crippen LogP contribution >= 0.6 is 22.9 Å². The predicted octanol–water partition coefficient (Wildman–Crippen LogP) is 3.65. The number of hydrogen-bond donors (Lipinski definition) is 1. The maximum Gasteiger partial charge on any atom is 0.300 e. The Kier molecular flexibility index (Phi) is 6.98. The van der Waals surface area contributed by atoms with Gasteiger partial charge in [0, 0.05) is 18.1 Å². The zero-order chi connectivity index (χ0) is 22.5. The Morgan fingerprint density at radius 1 is 1.29 bits per heavy atom. The zero-order valence-corrected chi connectivity index (χ0v) is 18.1. The fourth-order valence-electron chi connectivity index (χ4n) is 2.60. The molecule has 2 heterocycles. The number of rotatable bonds is 4. The third-order valence-corrected chi connectivity index (χ3v) is 5.17. The van der Waals surface area contributed by atoms with Gasteiger partial charge in [0.05, 0.1) is 16.2 Å². The molecule has 0 radical (unpaired) electrons. The summed E-state index contributed by atoms with van der Waals surface area (Å²) in [5.74, 6) is -0.127. The molecule has 0 aliphatic heterocycles. The molecular weight excluding hydrogens is 445 g/mol. The minimum Gasteiger partial charge on any atom is -0.494 e. The summed E-state index contributed by atoms with van der Waals surface area (Å²) >= 11 is 7.16. The number of benzene rings is 2. The van der Waals surface area contributed by atoms with E-state index >= 15 is 0 Å². The lowest BCUT2D eigenvalue weighted by Crippen LogP contribution is -2.23. The lowest BCUT2D eigenvalue weighted by molar-refractivity contribution is -0.134. The lowest BCUT2D eigenvalue weighted by atomic mass is 10.2. The van der Waals surface area contributed by atoms with Crippen molar-refractivity contribution in [2.45, 2.75) is 13.8 Å². The van der Waals surface area contributed by atoms with E-state index in [2.05, 4.69) is 10.1 Å². The van der Waals surface area contributed by atoms with Crippen LogP contribution < -0.4 is 14.8 Å². The summed E-state index contributed by atoms with van der Waals surface area (Å²) in [6.45, 7) is 3.58. The molecular formula is C21H17ClFN3O4S. The highest BCUT2D eigenvalue weighted by Crippen LogP contribution is 2.21. The Hall–Kier alpha value is -3.30. The maximum atomic E-state index is 14.0. The number of carboxylic acids is 1. The van der Waals surface area contributed by atoms with Crippen molar-refractivity contribution < 1.29 is 19.0 Å². The molecule has 0 aliphatic rings. The number of carboxylic acid groups (broad SMARTS) is 1. The second-order valence-electron chi connectivity index (χ2n) is 6.16. The Labute approximate surface area is 185 Å². The van der Waals surface area contributed by atoms with Crippen molar-refractivity contribution >= 4 is 39.9 Å². The summed E-state index contributed by atoms with van der Waals surface area (Å²) in [6.07, 6.45) is 1.43. The van der Waals surface area contributed by atoms with E-state index in [0.717, 1.165) is 29.6 Å². The van der Waals surface area contributed by atoms with Gasteiger partial charge >= 0.3 is 0 Å². The summed E-state index contributed by atoms with van der Waals surface area (Å²) in [6, 6.07) is 11.7. The van der Waals surface area contributed by atoms with Gasteiger partial charge in [-0.2, -0.15) is 9.50 Å². The van der Waals surface area contributed by atoms with Crippen LogP contribution in [0.4, 0.5) is 4.39 Å². The van der Waals surface area contributed by atoms with Crippen LogP contribution in [0.1, 0.15) is 19.4 Å². The fraction of sp³-hybridized carbons (Fsp3) is 0.143. The van der Waals surface area contributed by atoms with E-state index in [0.29, 0.717) is 21.9 Å². The highest BCUT2D eigenvalue weighted by Gasteiger charge is 2.13. The summed E-state index contributed by atoms with van der Waals surface area (Å²) in [7, 11) is 0. The molecule has 10 heteroatoms. The molecule has 0 spiro atoms. The van der Waals surface area contributed by atoms with E-state index < -0.39 is 11.8 Å². The number of aromatic nitrogens is 3. The molecule has 1 N–H and O–H groups in total. The first-order chi connectivity index (χ1) is 14.8. The van der Waals surface area contributed by atoms with Gasteiger partial charge in [0.15, 0.2) is 5.82 Å². The molecule has 0 atom stereocenters. The molecule has 31 heavy (non-hydrogen) atoms. The average Bonchev–Trinajstić information content (AvgIpc) is 3.25. The van der Waals surface area contributed by atoms with Crippen molar-refractivity contribution in [1.29, 1.82) is 0 Å². The topological polar surface area (TPSA) is 93.8 Å². The van der Waals surface area contributed by atoms with Crippen LogP contribution in [0.25, 0.3) is 22.4 Å². The van der Waals surface area contributed by atoms with Crippen LogP contribution in [-0.4, -0.2) is 32.3 Å². The molecule has 0 aliphatic carbocycles. The normalized spacial score (nSPS) is 11.3. The van der Waals surface area contributed by atoms with Gasteiger partial charge in [-0.3, -0.25) is 9.59 Å². The number of fused-ring (bicyclic) bond motifs is 1. The summed E-state index contributed by atoms with van der Waals surface area (Å²) in [4.78, 5) is 26.4. The average molecular weight is 462 g/mol. The van der Waals surface area contributed by atoms with Crippen LogP contribution in [0, 0.1) is 5.82 Å². The largest absolute Gasteiger partial charge is 0.494 e. The Morgan fingerprint density at radius 3 is 2.55 bits per heavy atom. The standard InChI is InChI=1S/C19H13ClFN3O2S.C2H4O2/c1-2-26-12-8-6-11(7-9-12)17-22-19-24(23-17)18(25)16(27-19)10-13-14(20)4-3-5-15(13)21;1-2(3)4/h3-10H,2H2,1H3;1H3,(H,3,4)/b16-10-;. The van der Waals surface area contributed by atoms with Crippen LogP contribution in [0.15, 0.2) is 47.3 Å². The maximum absolute atomic E-state index is 14.0. The quantitative estimate of drug-likeness (QED) is 0.498. The zero-order valence-electron chi connectivity index (χ0n) is 16.5. The van der Waals surface area contributed by atoms with Crippen molar-refractivity contribution in [2.75, 3.05) is 6.61 Å². The van der Waals surface area contributed by atoms with Crippen LogP contribution in [0.5, 0.6) is 5.75 Å². The van der Waals surface area contributed by atoms with E-state index in [4.69, 9.17) is 26.2 Å². The lowest BCUT2D eigenvalue weighted by Gasteiger charge is -2.02. The highest BCUT2D eigenvalue weighted by atomic mass is 35.5. The van der Waals surface area contributed by atoms with Crippen molar-refractivity contribution in [3.05, 3.63) is 73.8 Å². The van der Waals surface area contributed by atoms with Gasteiger partial charge in [0.25, 0.3) is 11.5 Å². The third kappa shape index (κ3) is 5.25. The Bertz CT molecular complexity index is 1310. The molecule has 4 rings (SSSR count). The molecule has 7 nitrogen and oxygen atoms in total. The van der Waals surface area contributed by atoms with Crippen LogP contribution in [0.2, 0.25) is 5.02 Å². The number of thiazole rings is 1. The number of halogens is 2. The number of ether oxygens (including phenoxy) is 1. The Morgan fingerprint density at radius 2 is 1.97 bits per heavy atom. The number of carbonyl (C=O) groups is 1. The van der Waals surface area contributed by atoms with E-state index in [9.17, 15) is 9.18 Å². The van der Waals surface area contributed by atoms with Gasteiger partial charge in [-0.1, -0.05) is 29.0 Å². The van der Waals surface area contributed by atoms with Gasteiger partial charge < -0.3 is 9.84 Å². The smallest absolute Gasteiger partial charge is 0.300 e. The van der Waals surface area contributed by atoms with Crippen LogP contribution in [0.3, 0.4) is 0 Å². The van der Waals surface area contributed by atoms with Crippen molar-refractivity contribution in [3.8, 4) is 17.1 Å². The highest BCUT2D eigenvalue weighted by molar-refractivity contribution is 7.15. The van der Waals surface area contributed by atoms with Crippen molar-refractivity contribution in [2.24, 2.45) is 0 Å². The second-order valence-corrected chi connectivity index (χ2v) is 7.57. The van der Waals surface area contributed by atoms with Gasteiger partial charge in [-0.25, -0.2) is 4.39 Å². The van der Waals surface area contributed by atoms with E-state index in [1.807, 2.05) is 31.2 Å². The van der Waals surface area contributed by atoms with Gasteiger partial charge in [0.1, 0.15) is 11.6 Å². The third-order valence-electron chi connectivity index (χ3n) is 3.88. The number of hydrogen-bond acceptors (Lipinski definition) is 6. The van der Waals surface area contributed by atoms with E-state index in [1.54, 1.807) is 6.07 Å². The molecule has 0 bridgehead atoms. The van der Waals surface area contributed by atoms with E-state index in [1.165, 1.54) is 22.7 Å². The summed E-state index contributed by atoms with van der Waals surface area (Å²) in [5.41, 5.74) is 0.586. The van der Waals surface area contributed by atoms with Crippen molar-refractivity contribution in [1.82, 2.24) is 14.6 Å². The van der Waals surface area contributed by atoms with Gasteiger partial charge in [-0.05, 0) is 49.4 Å². The SMILES string of the molecule is CC(=O)O.CCOc1ccc(-c2nc3s/c(=C\c4c(F)cccc4Cl)c(=O)n3n2)cc1. The minimum atomic E-state index is -0.833. The monoisotopic (exact) mass is 461 g/mol. The molecule has 0 fully saturated rings. The molecule has 0 unspecified atom stereocenters. The first-order valence-electron chi connectivity index (χ1n) is 9.08. The summed E-state index contributed by atoms with van der Waals surface area (Å²) in [5, 5.41) is 11.9. The van der Waals surface area contributed by atoms with Gasteiger partial charge in [-0.15, -0.1) is 5.10 Å². The number of nitrogens with zero attached hydrogens (tertiary/aromatic N) is 3. The molecule has 2 aromatic heterocycles. The molecule has 0 saturated carbocycles. The van der Waals surface area contributed by atoms with Gasteiger partial charge in [0.2, 0.25) is 4.96 Å². The first-order valence-corrected chi connectivity index (χ1v) is 10.3. The second kappa shape index (κ2) is 9.67. The molecule has 4 aromatic rings.